The minimum atomic E-state index is 0.441. The molecule has 1 atom stereocenters. The van der Waals surface area contributed by atoms with Gasteiger partial charge in [-0.15, -0.1) is 0 Å². The summed E-state index contributed by atoms with van der Waals surface area (Å²) in [6.45, 7) is 15.3. The van der Waals surface area contributed by atoms with E-state index in [2.05, 4.69) is 48.4 Å². The van der Waals surface area contributed by atoms with Crippen LogP contribution >= 0.6 is 0 Å². The van der Waals surface area contributed by atoms with E-state index in [1.165, 1.54) is 48.1 Å². The van der Waals surface area contributed by atoms with Gasteiger partial charge in [0.2, 0.25) is 0 Å². The number of hydrogen-bond acceptors (Lipinski definition) is 2. The van der Waals surface area contributed by atoms with Crippen molar-refractivity contribution in [3.05, 3.63) is 47.7 Å². The lowest BCUT2D eigenvalue weighted by Gasteiger charge is -2.24. The maximum Gasteiger partial charge on any atom is 0.0343 e. The highest BCUT2D eigenvalue weighted by Crippen LogP contribution is 2.32. The van der Waals surface area contributed by atoms with Crippen LogP contribution in [0.3, 0.4) is 0 Å². The van der Waals surface area contributed by atoms with Crippen molar-refractivity contribution in [2.45, 2.75) is 72.8 Å². The Labute approximate surface area is 156 Å². The lowest BCUT2D eigenvalue weighted by atomic mass is 9.91. The number of hydrogen-bond donors (Lipinski definition) is 2. The zero-order chi connectivity index (χ0) is 19.1. The Morgan fingerprint density at radius 2 is 1.80 bits per heavy atom. The molecule has 2 N–H and O–H groups in total. The maximum atomic E-state index is 3.98. The first kappa shape index (κ1) is 23.5. The van der Waals surface area contributed by atoms with E-state index in [-0.39, 0.29) is 0 Å². The molecule has 2 nitrogen and oxygen atoms in total. The monoisotopic (exact) mass is 344 g/mol. The second-order valence-electron chi connectivity index (χ2n) is 5.69. The van der Waals surface area contributed by atoms with Gasteiger partial charge in [0.25, 0.3) is 0 Å². The second-order valence-corrected chi connectivity index (χ2v) is 5.69. The average molecular weight is 345 g/mol. The molecule has 0 fully saturated rings. The van der Waals surface area contributed by atoms with Gasteiger partial charge in [0.1, 0.15) is 0 Å². The fraction of sp³-hybridized carbons (Fsp3) is 0.565. The molecule has 0 spiro atoms. The van der Waals surface area contributed by atoms with Gasteiger partial charge in [-0.25, -0.2) is 0 Å². The Kier molecular flexibility index (Phi) is 13.9. The largest absolute Gasteiger partial charge is 0.391 e. The molecule has 0 aromatic heterocycles. The Balaban J connectivity index is 0.00000134. The molecule has 0 amide bonds. The molecule has 2 heteroatoms. The SMILES string of the molecule is C=Cc1ccccc1C1=C(NC)CCCCC1NCCC.CC.CC. The summed E-state index contributed by atoms with van der Waals surface area (Å²) in [7, 11) is 2.05. The standard InChI is InChI=1S/C19H28N2.2C2H6/c1-4-14-21-18-13-9-8-12-17(20-3)19(18)16-11-7-6-10-15(16)5-2;2*1-2/h5-7,10-11,18,20-21H,2,4,8-9,12-14H2,1,3H3;2*1-2H3. The van der Waals surface area contributed by atoms with Crippen molar-refractivity contribution in [2.75, 3.05) is 13.6 Å². The lowest BCUT2D eigenvalue weighted by molar-refractivity contribution is 0.546. The molecule has 1 aliphatic rings. The van der Waals surface area contributed by atoms with Gasteiger partial charge < -0.3 is 10.6 Å². The van der Waals surface area contributed by atoms with Crippen LogP contribution in [0.1, 0.15) is 77.8 Å². The third kappa shape index (κ3) is 7.07. The number of rotatable bonds is 6. The first-order valence-corrected chi connectivity index (χ1v) is 10.2. The highest BCUT2D eigenvalue weighted by molar-refractivity contribution is 5.78. The lowest BCUT2D eigenvalue weighted by Crippen LogP contribution is -2.32. The van der Waals surface area contributed by atoms with Crippen molar-refractivity contribution < 1.29 is 0 Å². The Morgan fingerprint density at radius 3 is 2.40 bits per heavy atom. The van der Waals surface area contributed by atoms with Crippen molar-refractivity contribution in [1.29, 1.82) is 0 Å². The van der Waals surface area contributed by atoms with E-state index in [0.717, 1.165) is 13.0 Å². The summed E-state index contributed by atoms with van der Waals surface area (Å²) >= 11 is 0. The number of benzene rings is 1. The zero-order valence-corrected chi connectivity index (χ0v) is 17.4. The van der Waals surface area contributed by atoms with Crippen molar-refractivity contribution in [3.8, 4) is 0 Å². The van der Waals surface area contributed by atoms with E-state index >= 15 is 0 Å². The summed E-state index contributed by atoms with van der Waals surface area (Å²) in [4.78, 5) is 0. The molecular formula is C23H40N2. The maximum absolute atomic E-state index is 3.98. The third-order valence-electron chi connectivity index (χ3n) is 4.26. The van der Waals surface area contributed by atoms with Crippen LogP contribution in [-0.2, 0) is 0 Å². The molecule has 2 rings (SSSR count). The van der Waals surface area contributed by atoms with Crippen LogP contribution in [0.5, 0.6) is 0 Å². The topological polar surface area (TPSA) is 24.1 Å². The summed E-state index contributed by atoms with van der Waals surface area (Å²) in [6.07, 6.45) is 8.04. The molecule has 1 unspecified atom stereocenters. The van der Waals surface area contributed by atoms with Crippen LogP contribution in [0.15, 0.2) is 36.5 Å². The Hall–Kier alpha value is -1.54. The van der Waals surface area contributed by atoms with Gasteiger partial charge in [0.15, 0.2) is 0 Å². The minimum absolute atomic E-state index is 0.441. The summed E-state index contributed by atoms with van der Waals surface area (Å²) in [5, 5.41) is 7.20. The van der Waals surface area contributed by atoms with E-state index in [9.17, 15) is 0 Å². The van der Waals surface area contributed by atoms with Crippen LogP contribution in [0.25, 0.3) is 11.6 Å². The van der Waals surface area contributed by atoms with Crippen LogP contribution in [0.2, 0.25) is 0 Å². The average Bonchev–Trinajstić information content (AvgIpc) is 2.91. The van der Waals surface area contributed by atoms with Crippen LogP contribution in [0.4, 0.5) is 0 Å². The molecule has 1 aromatic carbocycles. The summed E-state index contributed by atoms with van der Waals surface area (Å²) in [6, 6.07) is 9.05. The van der Waals surface area contributed by atoms with E-state index in [0.29, 0.717) is 6.04 Å². The van der Waals surface area contributed by atoms with Crippen LogP contribution in [0, 0.1) is 0 Å². The molecule has 0 heterocycles. The van der Waals surface area contributed by atoms with E-state index in [4.69, 9.17) is 0 Å². The van der Waals surface area contributed by atoms with Crippen molar-refractivity contribution in [3.63, 3.8) is 0 Å². The van der Waals surface area contributed by atoms with Gasteiger partial charge in [-0.3, -0.25) is 0 Å². The van der Waals surface area contributed by atoms with E-state index < -0.39 is 0 Å². The van der Waals surface area contributed by atoms with Crippen molar-refractivity contribution >= 4 is 11.6 Å². The smallest absolute Gasteiger partial charge is 0.0343 e. The first-order chi connectivity index (χ1) is 12.3. The fourth-order valence-corrected chi connectivity index (χ4v) is 3.19. The second kappa shape index (κ2) is 14.8. The van der Waals surface area contributed by atoms with Gasteiger partial charge in [-0.1, -0.05) is 78.0 Å². The van der Waals surface area contributed by atoms with E-state index in [1.807, 2.05) is 40.8 Å². The summed E-state index contributed by atoms with van der Waals surface area (Å²) in [5.74, 6) is 0. The van der Waals surface area contributed by atoms with Gasteiger partial charge in [0.05, 0.1) is 0 Å². The minimum Gasteiger partial charge on any atom is -0.391 e. The van der Waals surface area contributed by atoms with Gasteiger partial charge in [-0.2, -0.15) is 0 Å². The predicted octanol–water partition coefficient (Wildman–Crippen LogP) is 6.25. The predicted molar refractivity (Wildman–Crippen MR) is 116 cm³/mol. The fourth-order valence-electron chi connectivity index (χ4n) is 3.19. The first-order valence-electron chi connectivity index (χ1n) is 10.2. The Bertz CT molecular complexity index is 503. The molecule has 25 heavy (non-hydrogen) atoms. The van der Waals surface area contributed by atoms with Crippen LogP contribution < -0.4 is 10.6 Å². The molecule has 0 aliphatic heterocycles. The van der Waals surface area contributed by atoms with Crippen molar-refractivity contribution in [1.82, 2.24) is 10.6 Å². The summed E-state index contributed by atoms with van der Waals surface area (Å²) in [5.41, 5.74) is 5.38. The molecule has 0 radical (unpaired) electrons. The molecular weight excluding hydrogens is 304 g/mol. The Morgan fingerprint density at radius 1 is 1.12 bits per heavy atom. The number of allylic oxidation sites excluding steroid dienone is 1. The molecule has 0 saturated carbocycles. The molecule has 0 saturated heterocycles. The summed E-state index contributed by atoms with van der Waals surface area (Å²) < 4.78 is 0. The quantitative estimate of drug-likeness (QED) is 0.637. The normalized spacial score (nSPS) is 16.6. The molecule has 1 aliphatic carbocycles. The van der Waals surface area contributed by atoms with E-state index in [1.54, 1.807) is 0 Å². The molecule has 142 valence electrons. The van der Waals surface area contributed by atoms with Gasteiger partial charge >= 0.3 is 0 Å². The number of nitrogens with one attached hydrogen (secondary N) is 2. The zero-order valence-electron chi connectivity index (χ0n) is 17.4. The third-order valence-corrected chi connectivity index (χ3v) is 4.26. The highest BCUT2D eigenvalue weighted by atomic mass is 14.9. The van der Waals surface area contributed by atoms with Gasteiger partial charge in [-0.05, 0) is 48.9 Å². The van der Waals surface area contributed by atoms with Gasteiger partial charge in [0, 0.05) is 18.8 Å². The highest BCUT2D eigenvalue weighted by Gasteiger charge is 2.23. The molecule has 1 aromatic rings. The van der Waals surface area contributed by atoms with Crippen molar-refractivity contribution in [2.24, 2.45) is 0 Å². The molecule has 0 bridgehead atoms. The van der Waals surface area contributed by atoms with Crippen LogP contribution in [-0.4, -0.2) is 19.6 Å².